The third-order valence-corrected chi connectivity index (χ3v) is 4.18. The Balaban J connectivity index is 1.57. The van der Waals surface area contributed by atoms with Gasteiger partial charge in [-0.15, -0.1) is 0 Å². The number of aromatic nitrogens is 3. The summed E-state index contributed by atoms with van der Waals surface area (Å²) in [5.74, 6) is -1.90. The first-order chi connectivity index (χ1) is 11.0. The van der Waals surface area contributed by atoms with E-state index in [-0.39, 0.29) is 23.9 Å². The van der Waals surface area contributed by atoms with Gasteiger partial charge in [-0.25, -0.2) is 13.8 Å². The molecule has 1 amide bonds. The fourth-order valence-corrected chi connectivity index (χ4v) is 2.92. The molecule has 0 saturated heterocycles. The molecule has 3 N–H and O–H groups in total. The van der Waals surface area contributed by atoms with Crippen molar-refractivity contribution in [3.8, 4) is 0 Å². The summed E-state index contributed by atoms with van der Waals surface area (Å²) in [6.07, 6.45) is 2.06. The number of aliphatic hydroxyl groups excluding tert-OH is 1. The van der Waals surface area contributed by atoms with Crippen molar-refractivity contribution >= 4 is 5.91 Å². The molecule has 1 aromatic heterocycles. The molecule has 1 saturated carbocycles. The number of aliphatic hydroxyl groups is 1. The number of benzene rings is 1. The minimum Gasteiger partial charge on any atom is -0.393 e. The topological polar surface area (TPSA) is 90.9 Å². The van der Waals surface area contributed by atoms with Gasteiger partial charge in [-0.1, -0.05) is 0 Å². The van der Waals surface area contributed by atoms with E-state index in [2.05, 4.69) is 20.5 Å². The van der Waals surface area contributed by atoms with Gasteiger partial charge in [0.25, 0.3) is 5.91 Å². The maximum absolute atomic E-state index is 13.1. The number of amides is 1. The highest BCUT2D eigenvalue weighted by atomic mass is 19.2. The Morgan fingerprint density at radius 1 is 1.35 bits per heavy atom. The molecule has 1 fully saturated rings. The largest absolute Gasteiger partial charge is 0.393 e. The van der Waals surface area contributed by atoms with E-state index in [0.29, 0.717) is 12.8 Å². The van der Waals surface area contributed by atoms with Crippen LogP contribution in [0.2, 0.25) is 0 Å². The maximum atomic E-state index is 13.1. The van der Waals surface area contributed by atoms with Gasteiger partial charge >= 0.3 is 0 Å². The summed E-state index contributed by atoms with van der Waals surface area (Å²) in [5.41, 5.74) is 0.0446. The molecule has 6 nitrogen and oxygen atoms in total. The van der Waals surface area contributed by atoms with E-state index in [4.69, 9.17) is 0 Å². The van der Waals surface area contributed by atoms with Gasteiger partial charge in [0.1, 0.15) is 12.2 Å². The zero-order chi connectivity index (χ0) is 16.4. The van der Waals surface area contributed by atoms with Gasteiger partial charge in [0.05, 0.1) is 6.10 Å². The Labute approximate surface area is 130 Å². The van der Waals surface area contributed by atoms with Crippen molar-refractivity contribution in [1.82, 2.24) is 20.5 Å². The highest BCUT2D eigenvalue weighted by Crippen LogP contribution is 2.36. The lowest BCUT2D eigenvalue weighted by Gasteiger charge is -2.15. The number of aromatic amines is 1. The molecule has 2 aromatic rings. The summed E-state index contributed by atoms with van der Waals surface area (Å²) >= 11 is 0. The van der Waals surface area contributed by atoms with Gasteiger partial charge in [0.2, 0.25) is 0 Å². The van der Waals surface area contributed by atoms with Crippen molar-refractivity contribution in [1.29, 1.82) is 0 Å². The number of halogens is 2. The average molecular weight is 322 g/mol. The van der Waals surface area contributed by atoms with Gasteiger partial charge < -0.3 is 10.4 Å². The summed E-state index contributed by atoms with van der Waals surface area (Å²) in [6.45, 7) is 0.254. The first-order valence-electron chi connectivity index (χ1n) is 7.31. The third kappa shape index (κ3) is 3.37. The lowest BCUT2D eigenvalue weighted by atomic mass is 10.0. The van der Waals surface area contributed by atoms with Crippen molar-refractivity contribution in [3.63, 3.8) is 0 Å². The van der Waals surface area contributed by atoms with Gasteiger partial charge in [-0.05, 0) is 31.0 Å². The lowest BCUT2D eigenvalue weighted by molar-refractivity contribution is 0.0916. The number of hydrogen-bond acceptors (Lipinski definition) is 4. The van der Waals surface area contributed by atoms with E-state index in [1.54, 1.807) is 0 Å². The van der Waals surface area contributed by atoms with Crippen LogP contribution < -0.4 is 5.32 Å². The van der Waals surface area contributed by atoms with E-state index in [1.807, 2.05) is 0 Å². The zero-order valence-electron chi connectivity index (χ0n) is 12.2. The molecule has 3 rings (SSSR count). The number of H-pyrrole nitrogens is 1. The van der Waals surface area contributed by atoms with E-state index >= 15 is 0 Å². The highest BCUT2D eigenvalue weighted by Gasteiger charge is 2.35. The van der Waals surface area contributed by atoms with Crippen LogP contribution in [0.15, 0.2) is 24.5 Å². The number of carbonyl (C=O) groups is 1. The normalized spacial score (nSPS) is 23.9. The van der Waals surface area contributed by atoms with Gasteiger partial charge in [0.15, 0.2) is 11.6 Å². The van der Waals surface area contributed by atoms with Crippen LogP contribution in [0.25, 0.3) is 0 Å². The predicted octanol–water partition coefficient (Wildman–Crippen LogP) is 1.37. The summed E-state index contributed by atoms with van der Waals surface area (Å²) in [4.78, 5) is 16.1. The molecule has 0 unspecified atom stereocenters. The minimum absolute atomic E-state index is 0.0446. The lowest BCUT2D eigenvalue weighted by Crippen LogP contribution is -2.32. The van der Waals surface area contributed by atoms with Gasteiger partial charge in [0, 0.05) is 23.9 Å². The third-order valence-electron chi connectivity index (χ3n) is 4.18. The van der Waals surface area contributed by atoms with Crippen LogP contribution in [-0.4, -0.2) is 38.8 Å². The zero-order valence-corrected chi connectivity index (χ0v) is 12.2. The van der Waals surface area contributed by atoms with Crippen LogP contribution in [-0.2, 0) is 0 Å². The van der Waals surface area contributed by atoms with Gasteiger partial charge in [-0.3, -0.25) is 9.89 Å². The van der Waals surface area contributed by atoms with Crippen molar-refractivity contribution in [2.24, 2.45) is 5.92 Å². The number of rotatable bonds is 4. The highest BCUT2D eigenvalue weighted by molar-refractivity contribution is 5.94. The second-order valence-corrected chi connectivity index (χ2v) is 5.71. The molecule has 0 radical (unpaired) electrons. The molecule has 0 spiro atoms. The Hall–Kier alpha value is -2.35. The molecule has 1 aromatic carbocycles. The Kier molecular flexibility index (Phi) is 4.33. The molecular weight excluding hydrogens is 306 g/mol. The molecule has 1 aliphatic rings. The second-order valence-electron chi connectivity index (χ2n) is 5.71. The molecule has 23 heavy (non-hydrogen) atoms. The number of hydrogen-bond donors (Lipinski definition) is 3. The van der Waals surface area contributed by atoms with Crippen LogP contribution in [0.5, 0.6) is 0 Å². The maximum Gasteiger partial charge on any atom is 0.251 e. The quantitative estimate of drug-likeness (QED) is 0.793. The summed E-state index contributed by atoms with van der Waals surface area (Å²) in [6, 6.07) is 2.98. The monoisotopic (exact) mass is 322 g/mol. The van der Waals surface area contributed by atoms with Crippen LogP contribution in [0.3, 0.4) is 0 Å². The Morgan fingerprint density at radius 2 is 2.17 bits per heavy atom. The van der Waals surface area contributed by atoms with E-state index in [0.717, 1.165) is 18.0 Å². The summed E-state index contributed by atoms with van der Waals surface area (Å²) < 4.78 is 26.0. The average Bonchev–Trinajstić information content (AvgIpc) is 3.17. The van der Waals surface area contributed by atoms with Crippen molar-refractivity contribution in [2.45, 2.75) is 24.9 Å². The van der Waals surface area contributed by atoms with Crippen molar-refractivity contribution in [3.05, 3.63) is 47.5 Å². The Morgan fingerprint density at radius 3 is 2.87 bits per heavy atom. The molecule has 8 heteroatoms. The molecule has 3 atom stereocenters. The fourth-order valence-electron chi connectivity index (χ4n) is 2.92. The molecule has 1 aliphatic carbocycles. The molecule has 0 aliphatic heterocycles. The second kappa shape index (κ2) is 6.41. The van der Waals surface area contributed by atoms with Gasteiger partial charge in [-0.2, -0.15) is 5.10 Å². The molecule has 1 heterocycles. The SMILES string of the molecule is O=C(NC[C@@H]1C[C@@H](c2ncn[nH]2)C[C@@H]1O)c1ccc(F)c(F)c1. The van der Waals surface area contributed by atoms with Crippen LogP contribution in [0.1, 0.15) is 34.9 Å². The predicted molar refractivity (Wildman–Crippen MR) is 76.5 cm³/mol. The number of carbonyl (C=O) groups excluding carboxylic acids is 1. The smallest absolute Gasteiger partial charge is 0.251 e. The van der Waals surface area contributed by atoms with E-state index in [1.165, 1.54) is 12.4 Å². The van der Waals surface area contributed by atoms with Crippen LogP contribution >= 0.6 is 0 Å². The van der Waals surface area contributed by atoms with Crippen molar-refractivity contribution in [2.75, 3.05) is 6.54 Å². The van der Waals surface area contributed by atoms with Crippen LogP contribution in [0.4, 0.5) is 8.78 Å². The van der Waals surface area contributed by atoms with E-state index in [9.17, 15) is 18.7 Å². The summed E-state index contributed by atoms with van der Waals surface area (Å²) in [5, 5.41) is 19.3. The molecule has 122 valence electrons. The Bertz CT molecular complexity index is 693. The standard InChI is InChI=1S/C15H16F2N4O2/c16-11-2-1-8(4-12(11)17)15(23)18-6-10-3-9(5-13(10)22)14-19-7-20-21-14/h1-2,4,7,9-10,13,22H,3,5-6H2,(H,18,23)(H,19,20,21)/t9-,10+,13+/m1/s1. The number of nitrogens with one attached hydrogen (secondary N) is 2. The number of nitrogens with zero attached hydrogens (tertiary/aromatic N) is 2. The first kappa shape index (κ1) is 15.5. The molecular formula is C15H16F2N4O2. The summed E-state index contributed by atoms with van der Waals surface area (Å²) in [7, 11) is 0. The van der Waals surface area contributed by atoms with Crippen molar-refractivity contribution < 1.29 is 18.7 Å². The van der Waals surface area contributed by atoms with E-state index < -0.39 is 23.6 Å². The minimum atomic E-state index is -1.07. The first-order valence-corrected chi connectivity index (χ1v) is 7.31. The fraction of sp³-hybridized carbons (Fsp3) is 0.400. The van der Waals surface area contributed by atoms with Crippen LogP contribution in [0, 0.1) is 17.6 Å². The molecule has 0 bridgehead atoms.